The first kappa shape index (κ1) is 23.6. The zero-order chi connectivity index (χ0) is 24.8. The molecule has 2 fully saturated rings. The first-order valence-electron chi connectivity index (χ1n) is 10.2. The van der Waals surface area contributed by atoms with E-state index in [4.69, 9.17) is 17.5 Å². The van der Waals surface area contributed by atoms with E-state index >= 15 is 0 Å². The summed E-state index contributed by atoms with van der Waals surface area (Å²) in [5, 5.41) is 11.2. The number of nitrogens with one attached hydrogen (secondary N) is 1. The Morgan fingerprint density at radius 1 is 1.24 bits per heavy atom. The lowest BCUT2D eigenvalue weighted by Gasteiger charge is -2.32. The number of carbonyl (C=O) groups excluding carboxylic acids is 2. The van der Waals surface area contributed by atoms with E-state index in [2.05, 4.69) is 10.3 Å². The highest BCUT2D eigenvalue weighted by Crippen LogP contribution is 2.46. The summed E-state index contributed by atoms with van der Waals surface area (Å²) in [6.07, 6.45) is -1.84. The Morgan fingerprint density at radius 3 is 2.47 bits per heavy atom. The Kier molecular flexibility index (Phi) is 5.77. The van der Waals surface area contributed by atoms with Crippen molar-refractivity contribution in [1.82, 2.24) is 10.3 Å². The summed E-state index contributed by atoms with van der Waals surface area (Å²) in [4.78, 5) is 31.5. The second kappa shape index (κ2) is 8.32. The topological polar surface area (TPSA) is 89.3 Å². The largest absolute Gasteiger partial charge is 0.419 e. The highest BCUT2D eigenvalue weighted by atomic mass is 32.1. The van der Waals surface area contributed by atoms with Crippen molar-refractivity contribution < 1.29 is 27.2 Å². The van der Waals surface area contributed by atoms with Crippen molar-refractivity contribution in [1.29, 1.82) is 5.26 Å². The van der Waals surface area contributed by atoms with Crippen LogP contribution in [0.4, 0.5) is 28.9 Å². The molecule has 2 aliphatic rings. The molecule has 34 heavy (non-hydrogen) atoms. The molecule has 0 atom stereocenters. The fourth-order valence-electron chi connectivity index (χ4n) is 4.50. The fraction of sp³-hybridized carbons (Fsp3) is 0.318. The zero-order valence-corrected chi connectivity index (χ0v) is 18.6. The number of amides is 2. The van der Waals surface area contributed by atoms with Crippen LogP contribution in [0.1, 0.15) is 47.3 Å². The van der Waals surface area contributed by atoms with Crippen molar-refractivity contribution in [2.45, 2.75) is 37.4 Å². The van der Waals surface area contributed by atoms with Gasteiger partial charge in [-0.15, -0.1) is 0 Å². The second-order valence-electron chi connectivity index (χ2n) is 7.94. The van der Waals surface area contributed by atoms with Gasteiger partial charge in [-0.1, -0.05) is 12.8 Å². The summed E-state index contributed by atoms with van der Waals surface area (Å²) in [6.45, 7) is 0. The highest BCUT2D eigenvalue weighted by molar-refractivity contribution is 7.81. The number of anilines is 2. The molecule has 1 aromatic carbocycles. The molecule has 1 saturated carbocycles. The molecule has 1 aromatic heterocycles. The van der Waals surface area contributed by atoms with Crippen molar-refractivity contribution in [3.05, 3.63) is 53.1 Å². The molecule has 0 bridgehead atoms. The molecular formula is C22H17F4N5O2S. The lowest BCUT2D eigenvalue weighted by Crippen LogP contribution is -2.47. The number of hydrogen-bond donors (Lipinski definition) is 1. The first-order valence-corrected chi connectivity index (χ1v) is 10.6. The molecule has 2 aromatic rings. The molecule has 0 unspecified atom stereocenters. The summed E-state index contributed by atoms with van der Waals surface area (Å²) >= 11 is 5.52. The Morgan fingerprint density at radius 2 is 1.91 bits per heavy atom. The second-order valence-corrected chi connectivity index (χ2v) is 8.30. The molecule has 1 aliphatic heterocycles. The number of nitriles is 1. The van der Waals surface area contributed by atoms with Crippen LogP contribution in [-0.2, 0) is 11.0 Å². The van der Waals surface area contributed by atoms with Crippen LogP contribution in [0.15, 0.2) is 30.5 Å². The molecule has 1 N–H and O–H groups in total. The van der Waals surface area contributed by atoms with E-state index < -0.39 is 40.6 Å². The Balaban J connectivity index is 1.83. The first-order chi connectivity index (χ1) is 16.0. The number of hydrogen-bond acceptors (Lipinski definition) is 5. The lowest BCUT2D eigenvalue weighted by molar-refractivity contribution is -0.138. The molecule has 2 heterocycles. The van der Waals surface area contributed by atoms with Gasteiger partial charge in [0.2, 0.25) is 0 Å². The van der Waals surface area contributed by atoms with Gasteiger partial charge < -0.3 is 10.2 Å². The van der Waals surface area contributed by atoms with E-state index in [9.17, 15) is 27.2 Å². The number of nitrogens with zero attached hydrogens (tertiary/aromatic N) is 4. The summed E-state index contributed by atoms with van der Waals surface area (Å²) in [5.74, 6) is -2.02. The van der Waals surface area contributed by atoms with Crippen LogP contribution in [0.25, 0.3) is 0 Å². The average molecular weight is 491 g/mol. The number of aromatic nitrogens is 1. The third-order valence-corrected chi connectivity index (χ3v) is 6.43. The fourth-order valence-corrected chi connectivity index (χ4v) is 4.97. The molecule has 7 nitrogen and oxygen atoms in total. The van der Waals surface area contributed by atoms with Crippen LogP contribution in [-0.4, -0.2) is 34.5 Å². The standard InChI is InChI=1S/C22H17F4N5O2S/c1-28-18(32)14-5-4-12(9-16(14)23)31-20(34)30(19(33)21(31)6-2-3-7-21)13-8-15(22(24,25)26)17(10-27)29-11-13/h4-5,8-9,11H,2-3,6-7H2,1H3,(H,28,32). The molecule has 4 rings (SSSR count). The van der Waals surface area contributed by atoms with Gasteiger partial charge in [0.15, 0.2) is 10.8 Å². The van der Waals surface area contributed by atoms with E-state index in [0.717, 1.165) is 17.2 Å². The number of thiocarbonyl (C=S) groups is 1. The number of pyridine rings is 1. The van der Waals surface area contributed by atoms with Gasteiger partial charge in [0.05, 0.1) is 23.0 Å². The van der Waals surface area contributed by atoms with E-state index in [1.165, 1.54) is 30.1 Å². The molecule has 12 heteroatoms. The minimum atomic E-state index is -4.87. The minimum absolute atomic E-state index is 0.140. The quantitative estimate of drug-likeness (QED) is 0.517. The summed E-state index contributed by atoms with van der Waals surface area (Å²) in [6, 6.07) is 5.83. The molecular weight excluding hydrogens is 474 g/mol. The predicted molar refractivity (Wildman–Crippen MR) is 118 cm³/mol. The smallest absolute Gasteiger partial charge is 0.355 e. The Bertz CT molecular complexity index is 1250. The predicted octanol–water partition coefficient (Wildman–Crippen LogP) is 3.92. The van der Waals surface area contributed by atoms with Gasteiger partial charge in [-0.2, -0.15) is 18.4 Å². The van der Waals surface area contributed by atoms with Gasteiger partial charge in [0.25, 0.3) is 11.8 Å². The van der Waals surface area contributed by atoms with Gasteiger partial charge in [0.1, 0.15) is 17.4 Å². The van der Waals surface area contributed by atoms with Crippen molar-refractivity contribution in [3.8, 4) is 6.07 Å². The van der Waals surface area contributed by atoms with Crippen molar-refractivity contribution in [2.24, 2.45) is 0 Å². The lowest BCUT2D eigenvalue weighted by atomic mass is 9.94. The molecule has 0 radical (unpaired) electrons. The Hall–Kier alpha value is -3.59. The zero-order valence-electron chi connectivity index (χ0n) is 17.7. The number of carbonyl (C=O) groups is 2. The monoisotopic (exact) mass is 491 g/mol. The van der Waals surface area contributed by atoms with E-state index in [1.807, 2.05) is 0 Å². The Labute approximate surface area is 197 Å². The molecule has 176 valence electrons. The molecule has 1 saturated heterocycles. The molecule has 2 amide bonds. The van der Waals surface area contributed by atoms with Gasteiger partial charge in [0, 0.05) is 12.7 Å². The normalized spacial score (nSPS) is 17.4. The van der Waals surface area contributed by atoms with Crippen LogP contribution in [0.5, 0.6) is 0 Å². The van der Waals surface area contributed by atoms with E-state index in [0.29, 0.717) is 31.7 Å². The third-order valence-electron chi connectivity index (χ3n) is 6.07. The summed E-state index contributed by atoms with van der Waals surface area (Å²) in [7, 11) is 1.36. The van der Waals surface area contributed by atoms with Crippen molar-refractivity contribution in [3.63, 3.8) is 0 Å². The van der Waals surface area contributed by atoms with Crippen molar-refractivity contribution >= 4 is 40.5 Å². The molecule has 1 spiro atoms. The maximum Gasteiger partial charge on any atom is 0.419 e. The van der Waals surface area contributed by atoms with Gasteiger partial charge in [-0.3, -0.25) is 14.5 Å². The van der Waals surface area contributed by atoms with E-state index in [-0.39, 0.29) is 22.1 Å². The number of alkyl halides is 3. The maximum absolute atomic E-state index is 14.7. The SMILES string of the molecule is CNC(=O)c1ccc(N2C(=S)N(c3cnc(C#N)c(C(F)(F)F)c3)C(=O)C23CCCC3)cc1F. The van der Waals surface area contributed by atoms with Crippen LogP contribution < -0.4 is 15.1 Å². The number of rotatable bonds is 3. The van der Waals surface area contributed by atoms with Gasteiger partial charge in [-0.05, 0) is 49.3 Å². The third kappa shape index (κ3) is 3.56. The van der Waals surface area contributed by atoms with Crippen LogP contribution >= 0.6 is 12.2 Å². The van der Waals surface area contributed by atoms with Gasteiger partial charge in [-0.25, -0.2) is 9.37 Å². The summed E-state index contributed by atoms with van der Waals surface area (Å²) < 4.78 is 55.2. The number of halogens is 4. The average Bonchev–Trinajstić information content (AvgIpc) is 3.36. The van der Waals surface area contributed by atoms with Crippen molar-refractivity contribution in [2.75, 3.05) is 16.8 Å². The van der Waals surface area contributed by atoms with E-state index in [1.54, 1.807) is 0 Å². The van der Waals surface area contributed by atoms with Crippen LogP contribution in [0.3, 0.4) is 0 Å². The molecule has 1 aliphatic carbocycles. The minimum Gasteiger partial charge on any atom is -0.355 e. The maximum atomic E-state index is 14.7. The number of benzene rings is 1. The highest BCUT2D eigenvalue weighted by Gasteiger charge is 2.57. The summed E-state index contributed by atoms with van der Waals surface area (Å²) in [5.41, 5.74) is -3.56. The van der Waals surface area contributed by atoms with Gasteiger partial charge >= 0.3 is 6.18 Å². The van der Waals surface area contributed by atoms with Crippen LogP contribution in [0.2, 0.25) is 0 Å². The van der Waals surface area contributed by atoms with Crippen LogP contribution in [0, 0.1) is 17.1 Å².